The highest BCUT2D eigenvalue weighted by Crippen LogP contribution is 2.22. The topological polar surface area (TPSA) is 37.3 Å². The summed E-state index contributed by atoms with van der Waals surface area (Å²) in [6, 6.07) is 1.50. The quantitative estimate of drug-likeness (QED) is 0.745. The van der Waals surface area contributed by atoms with Crippen LogP contribution >= 0.6 is 11.3 Å². The normalized spacial score (nSPS) is 12.9. The van der Waals surface area contributed by atoms with Gasteiger partial charge in [-0.3, -0.25) is 4.79 Å². The van der Waals surface area contributed by atoms with Gasteiger partial charge >= 0.3 is 5.97 Å². The molecule has 2 nitrogen and oxygen atoms in total. The molecule has 0 radical (unpaired) electrons. The van der Waals surface area contributed by atoms with Crippen LogP contribution in [0.3, 0.4) is 0 Å². The van der Waals surface area contributed by atoms with Gasteiger partial charge in [0.2, 0.25) is 0 Å². The summed E-state index contributed by atoms with van der Waals surface area (Å²) in [6.07, 6.45) is 0. The highest BCUT2D eigenvalue weighted by molar-refractivity contribution is 7.08. The second-order valence-electron chi connectivity index (χ2n) is 2.21. The summed E-state index contributed by atoms with van der Waals surface area (Å²) in [5, 5.41) is 9.66. The van der Waals surface area contributed by atoms with Crippen molar-refractivity contribution in [2.75, 3.05) is 0 Å². The van der Waals surface area contributed by atoms with Crippen LogP contribution in [0.25, 0.3) is 0 Å². The van der Waals surface area contributed by atoms with E-state index in [4.69, 9.17) is 5.11 Å². The molecule has 1 N–H and O–H groups in total. The van der Waals surface area contributed by atoms with E-state index in [9.17, 15) is 9.18 Å². The molecule has 1 atom stereocenters. The van der Waals surface area contributed by atoms with Gasteiger partial charge in [-0.15, -0.1) is 11.3 Å². The van der Waals surface area contributed by atoms with Gasteiger partial charge in [-0.2, -0.15) is 4.39 Å². The summed E-state index contributed by atoms with van der Waals surface area (Å²) >= 11 is 0.920. The van der Waals surface area contributed by atoms with E-state index in [2.05, 4.69) is 0 Å². The van der Waals surface area contributed by atoms with Gasteiger partial charge < -0.3 is 5.11 Å². The first-order valence-electron chi connectivity index (χ1n) is 3.08. The Kier molecular flexibility index (Phi) is 2.24. The van der Waals surface area contributed by atoms with E-state index < -0.39 is 17.0 Å². The van der Waals surface area contributed by atoms with Crippen molar-refractivity contribution < 1.29 is 14.3 Å². The maximum atomic E-state index is 12.7. The van der Waals surface area contributed by atoms with Gasteiger partial charge in [0.05, 0.1) is 5.92 Å². The van der Waals surface area contributed by atoms with E-state index in [1.165, 1.54) is 13.0 Å². The van der Waals surface area contributed by atoms with Crippen molar-refractivity contribution in [2.45, 2.75) is 12.8 Å². The van der Waals surface area contributed by atoms with Crippen LogP contribution in [0.5, 0.6) is 0 Å². The van der Waals surface area contributed by atoms with Crippen LogP contribution in [0.4, 0.5) is 4.39 Å². The number of carboxylic acids is 1. The number of rotatable bonds is 2. The summed E-state index contributed by atoms with van der Waals surface area (Å²) in [7, 11) is 0. The van der Waals surface area contributed by atoms with E-state index in [-0.39, 0.29) is 5.56 Å². The maximum absolute atomic E-state index is 12.7. The van der Waals surface area contributed by atoms with Gasteiger partial charge in [-0.25, -0.2) is 0 Å². The summed E-state index contributed by atoms with van der Waals surface area (Å²) < 4.78 is 12.7. The smallest absolute Gasteiger partial charge is 0.310 e. The highest BCUT2D eigenvalue weighted by Gasteiger charge is 2.17. The molecule has 60 valence electrons. The lowest BCUT2D eigenvalue weighted by atomic mass is 10.1. The molecule has 0 amide bonds. The molecular formula is C7H7FO2S. The Morgan fingerprint density at radius 1 is 1.82 bits per heavy atom. The molecular weight excluding hydrogens is 167 g/mol. The minimum absolute atomic E-state index is 0.266. The molecule has 0 aliphatic heterocycles. The average Bonchev–Trinajstić information content (AvgIpc) is 2.33. The molecule has 0 bridgehead atoms. The Morgan fingerprint density at radius 2 is 2.45 bits per heavy atom. The van der Waals surface area contributed by atoms with Crippen molar-refractivity contribution in [3.63, 3.8) is 0 Å². The predicted octanol–water partition coefficient (Wildman–Crippen LogP) is 2.08. The Bertz CT molecular complexity index is 269. The second-order valence-corrected chi connectivity index (χ2v) is 3.08. The highest BCUT2D eigenvalue weighted by atomic mass is 32.1. The minimum Gasteiger partial charge on any atom is -0.481 e. The van der Waals surface area contributed by atoms with Crippen LogP contribution in [0, 0.1) is 5.13 Å². The summed E-state index contributed by atoms with van der Waals surface area (Å²) in [5.41, 5.74) is 0.266. The monoisotopic (exact) mass is 174 g/mol. The fourth-order valence-corrected chi connectivity index (χ4v) is 1.46. The molecule has 1 heterocycles. The molecule has 0 saturated carbocycles. The van der Waals surface area contributed by atoms with E-state index in [1.807, 2.05) is 0 Å². The number of hydrogen-bond acceptors (Lipinski definition) is 2. The van der Waals surface area contributed by atoms with Crippen molar-refractivity contribution in [3.05, 3.63) is 22.1 Å². The summed E-state index contributed by atoms with van der Waals surface area (Å²) in [4.78, 5) is 10.4. The lowest BCUT2D eigenvalue weighted by Crippen LogP contribution is -2.07. The Labute approximate surface area is 67.3 Å². The molecule has 0 spiro atoms. The number of halogens is 1. The van der Waals surface area contributed by atoms with E-state index in [0.717, 1.165) is 11.3 Å². The fourth-order valence-electron chi connectivity index (χ4n) is 0.748. The number of carboxylic acid groups (broad SMARTS) is 1. The van der Waals surface area contributed by atoms with Crippen molar-refractivity contribution >= 4 is 17.3 Å². The van der Waals surface area contributed by atoms with Gasteiger partial charge in [0, 0.05) is 5.56 Å². The molecule has 0 aliphatic rings. The Hall–Kier alpha value is -0.900. The van der Waals surface area contributed by atoms with Gasteiger partial charge in [-0.05, 0) is 18.4 Å². The molecule has 4 heteroatoms. The SMILES string of the molecule is CC(C(=O)O)c1ccsc1F. The third-order valence-electron chi connectivity index (χ3n) is 1.48. The average molecular weight is 174 g/mol. The number of carbonyl (C=O) groups is 1. The minimum atomic E-state index is -0.998. The summed E-state index contributed by atoms with van der Waals surface area (Å²) in [5.74, 6) is -1.75. The van der Waals surface area contributed by atoms with Crippen LogP contribution < -0.4 is 0 Å². The lowest BCUT2D eigenvalue weighted by molar-refractivity contribution is -0.138. The zero-order valence-electron chi connectivity index (χ0n) is 5.87. The van der Waals surface area contributed by atoms with Gasteiger partial charge in [0.15, 0.2) is 5.13 Å². The van der Waals surface area contributed by atoms with Crippen molar-refractivity contribution in [2.24, 2.45) is 0 Å². The number of aliphatic carboxylic acids is 1. The van der Waals surface area contributed by atoms with Gasteiger partial charge in [0.25, 0.3) is 0 Å². The molecule has 1 aromatic rings. The first-order chi connectivity index (χ1) is 5.13. The molecule has 0 fully saturated rings. The zero-order chi connectivity index (χ0) is 8.43. The Balaban J connectivity index is 2.92. The molecule has 0 saturated heterocycles. The van der Waals surface area contributed by atoms with E-state index in [1.54, 1.807) is 5.38 Å². The van der Waals surface area contributed by atoms with Crippen molar-refractivity contribution in [1.29, 1.82) is 0 Å². The maximum Gasteiger partial charge on any atom is 0.310 e. The third kappa shape index (κ3) is 1.57. The van der Waals surface area contributed by atoms with Crippen LogP contribution in [-0.4, -0.2) is 11.1 Å². The van der Waals surface area contributed by atoms with E-state index >= 15 is 0 Å². The number of hydrogen-bond donors (Lipinski definition) is 1. The number of thiophene rings is 1. The van der Waals surface area contributed by atoms with Gasteiger partial charge in [-0.1, -0.05) is 0 Å². The Morgan fingerprint density at radius 3 is 2.82 bits per heavy atom. The standard InChI is InChI=1S/C7H7FO2S/c1-4(7(9)10)5-2-3-11-6(5)8/h2-4H,1H3,(H,9,10). The molecule has 11 heavy (non-hydrogen) atoms. The fraction of sp³-hybridized carbons (Fsp3) is 0.286. The van der Waals surface area contributed by atoms with Crippen LogP contribution in [0.15, 0.2) is 11.4 Å². The van der Waals surface area contributed by atoms with Crippen molar-refractivity contribution in [1.82, 2.24) is 0 Å². The lowest BCUT2D eigenvalue weighted by Gasteiger charge is -2.01. The molecule has 0 aliphatic carbocycles. The van der Waals surface area contributed by atoms with Crippen molar-refractivity contribution in [3.8, 4) is 0 Å². The second kappa shape index (κ2) is 3.00. The largest absolute Gasteiger partial charge is 0.481 e. The molecule has 1 rings (SSSR count). The third-order valence-corrected chi connectivity index (χ3v) is 2.20. The first kappa shape index (κ1) is 8.20. The molecule has 1 unspecified atom stereocenters. The molecule has 1 aromatic heterocycles. The van der Waals surface area contributed by atoms with E-state index in [0.29, 0.717) is 0 Å². The van der Waals surface area contributed by atoms with Crippen LogP contribution in [-0.2, 0) is 4.79 Å². The van der Waals surface area contributed by atoms with Gasteiger partial charge in [0.1, 0.15) is 0 Å². The zero-order valence-corrected chi connectivity index (χ0v) is 6.69. The predicted molar refractivity (Wildman–Crippen MR) is 40.3 cm³/mol. The van der Waals surface area contributed by atoms with Crippen LogP contribution in [0.1, 0.15) is 18.4 Å². The van der Waals surface area contributed by atoms with Crippen LogP contribution in [0.2, 0.25) is 0 Å². The summed E-state index contributed by atoms with van der Waals surface area (Å²) in [6.45, 7) is 1.47. The first-order valence-corrected chi connectivity index (χ1v) is 3.96. The molecule has 0 aromatic carbocycles.